The molecule has 1 unspecified atom stereocenters. The molecule has 0 radical (unpaired) electrons. The van der Waals surface area contributed by atoms with E-state index in [9.17, 15) is 9.59 Å². The third kappa shape index (κ3) is 4.76. The van der Waals surface area contributed by atoms with Gasteiger partial charge in [-0.05, 0) is 17.0 Å². The molecule has 2 amide bonds. The van der Waals surface area contributed by atoms with Crippen LogP contribution in [0.25, 0.3) is 11.4 Å². The number of rotatable bonds is 8. The molecule has 0 saturated heterocycles. The lowest BCUT2D eigenvalue weighted by molar-refractivity contribution is -0.127. The number of nitrogens with one attached hydrogen (secondary N) is 1. The summed E-state index contributed by atoms with van der Waals surface area (Å²) in [7, 11) is 0. The second kappa shape index (κ2) is 8.39. The minimum Gasteiger partial charge on any atom is -0.368 e. The van der Waals surface area contributed by atoms with Crippen LogP contribution < -0.4 is 11.1 Å². The fourth-order valence-electron chi connectivity index (χ4n) is 2.42. The van der Waals surface area contributed by atoms with Crippen molar-refractivity contribution in [1.82, 2.24) is 15.5 Å². The van der Waals surface area contributed by atoms with E-state index >= 15 is 0 Å². The van der Waals surface area contributed by atoms with Gasteiger partial charge in [0.1, 0.15) is 6.04 Å². The first-order valence-electron chi connectivity index (χ1n) is 8.09. The Morgan fingerprint density at radius 1 is 1.23 bits per heavy atom. The summed E-state index contributed by atoms with van der Waals surface area (Å²) in [6.45, 7) is 0. The zero-order chi connectivity index (χ0) is 18.4. The average molecular weight is 370 g/mol. The lowest BCUT2D eigenvalue weighted by atomic mass is 10.1. The molecular weight excluding hydrogens is 352 g/mol. The maximum Gasteiger partial charge on any atom is 0.240 e. The van der Waals surface area contributed by atoms with Crippen LogP contribution in [0, 0.1) is 0 Å². The number of carbonyl (C=O) groups excluding carboxylic acids is 2. The molecule has 2 aromatic heterocycles. The van der Waals surface area contributed by atoms with E-state index in [-0.39, 0.29) is 12.3 Å². The van der Waals surface area contributed by atoms with Crippen molar-refractivity contribution in [2.75, 3.05) is 0 Å². The number of aryl methyl sites for hydroxylation is 1. The number of amides is 2. The van der Waals surface area contributed by atoms with E-state index in [1.807, 2.05) is 47.2 Å². The van der Waals surface area contributed by atoms with Crippen LogP contribution in [0.2, 0.25) is 0 Å². The highest BCUT2D eigenvalue weighted by Gasteiger charge is 2.19. The summed E-state index contributed by atoms with van der Waals surface area (Å²) < 4.78 is 5.16. The van der Waals surface area contributed by atoms with E-state index in [2.05, 4.69) is 15.5 Å². The molecule has 7 nitrogen and oxygen atoms in total. The molecular formula is C18H18N4O3S. The van der Waals surface area contributed by atoms with E-state index < -0.39 is 11.9 Å². The third-order valence-corrected chi connectivity index (χ3v) is 4.46. The SMILES string of the molecule is NC(=O)C(Cc1ccccc1)NC(=O)CCc1nc(-c2ccsc2)no1. The number of nitrogens with zero attached hydrogens (tertiary/aromatic N) is 2. The van der Waals surface area contributed by atoms with Gasteiger partial charge < -0.3 is 15.6 Å². The molecule has 1 atom stereocenters. The van der Waals surface area contributed by atoms with E-state index in [1.165, 1.54) is 0 Å². The Balaban J connectivity index is 1.53. The molecule has 0 spiro atoms. The van der Waals surface area contributed by atoms with Crippen LogP contribution in [0.15, 0.2) is 51.7 Å². The Hall–Kier alpha value is -3.00. The fraction of sp³-hybridized carbons (Fsp3) is 0.222. The normalized spacial score (nSPS) is 11.8. The predicted molar refractivity (Wildman–Crippen MR) is 97.2 cm³/mol. The summed E-state index contributed by atoms with van der Waals surface area (Å²) in [5.74, 6) is 0.0144. The quantitative estimate of drug-likeness (QED) is 0.629. The number of hydrogen-bond donors (Lipinski definition) is 2. The molecule has 0 aliphatic rings. The van der Waals surface area contributed by atoms with Crippen LogP contribution in [-0.4, -0.2) is 28.0 Å². The summed E-state index contributed by atoms with van der Waals surface area (Å²) in [5.41, 5.74) is 7.21. The molecule has 0 saturated carbocycles. The highest BCUT2D eigenvalue weighted by molar-refractivity contribution is 7.08. The van der Waals surface area contributed by atoms with Gasteiger partial charge >= 0.3 is 0 Å². The molecule has 0 aliphatic heterocycles. The summed E-state index contributed by atoms with van der Waals surface area (Å²) in [4.78, 5) is 28.0. The molecule has 0 fully saturated rings. The first kappa shape index (κ1) is 17.8. The predicted octanol–water partition coefficient (Wildman–Crippen LogP) is 1.94. The van der Waals surface area contributed by atoms with Crippen LogP contribution >= 0.6 is 11.3 Å². The summed E-state index contributed by atoms with van der Waals surface area (Å²) in [5, 5.41) is 10.4. The zero-order valence-corrected chi connectivity index (χ0v) is 14.7. The molecule has 3 rings (SSSR count). The van der Waals surface area contributed by atoms with Crippen molar-refractivity contribution in [3.8, 4) is 11.4 Å². The van der Waals surface area contributed by atoms with Crippen molar-refractivity contribution in [2.45, 2.75) is 25.3 Å². The molecule has 26 heavy (non-hydrogen) atoms. The van der Waals surface area contributed by atoms with Gasteiger partial charge in [0.2, 0.25) is 23.5 Å². The van der Waals surface area contributed by atoms with E-state index in [0.29, 0.717) is 24.6 Å². The average Bonchev–Trinajstić information content (AvgIpc) is 3.31. The van der Waals surface area contributed by atoms with Crippen LogP contribution in [0.1, 0.15) is 17.9 Å². The highest BCUT2D eigenvalue weighted by atomic mass is 32.1. The maximum atomic E-state index is 12.1. The van der Waals surface area contributed by atoms with Crippen molar-refractivity contribution >= 4 is 23.2 Å². The first-order chi connectivity index (χ1) is 12.6. The fourth-order valence-corrected chi connectivity index (χ4v) is 3.06. The van der Waals surface area contributed by atoms with Gasteiger partial charge in [0, 0.05) is 30.2 Å². The van der Waals surface area contributed by atoms with Gasteiger partial charge in [-0.15, -0.1) is 0 Å². The standard InChI is InChI=1S/C18H18N4O3S/c19-17(24)14(10-12-4-2-1-3-5-12)20-15(23)6-7-16-21-18(22-25-16)13-8-9-26-11-13/h1-5,8-9,11,14H,6-7,10H2,(H2,19,24)(H,20,23). The molecule has 2 heterocycles. The highest BCUT2D eigenvalue weighted by Crippen LogP contribution is 2.19. The Labute approximate surface area is 154 Å². The van der Waals surface area contributed by atoms with Gasteiger partial charge in [-0.25, -0.2) is 0 Å². The number of primary amides is 1. The second-order valence-corrected chi connectivity index (χ2v) is 6.52. The lowest BCUT2D eigenvalue weighted by Crippen LogP contribution is -2.45. The van der Waals surface area contributed by atoms with Crippen molar-refractivity contribution in [2.24, 2.45) is 5.73 Å². The van der Waals surface area contributed by atoms with E-state index in [0.717, 1.165) is 11.1 Å². The summed E-state index contributed by atoms with van der Waals surface area (Å²) >= 11 is 1.54. The minimum absolute atomic E-state index is 0.129. The molecule has 0 bridgehead atoms. The molecule has 3 aromatic rings. The Bertz CT molecular complexity index is 862. The minimum atomic E-state index is -0.756. The first-order valence-corrected chi connectivity index (χ1v) is 9.04. The number of nitrogens with two attached hydrogens (primary N) is 1. The van der Waals surface area contributed by atoms with Gasteiger partial charge in [-0.2, -0.15) is 16.3 Å². The topological polar surface area (TPSA) is 111 Å². The molecule has 134 valence electrons. The summed E-state index contributed by atoms with van der Waals surface area (Å²) in [6.07, 6.45) is 0.772. The molecule has 3 N–H and O–H groups in total. The monoisotopic (exact) mass is 370 g/mol. The van der Waals surface area contributed by atoms with Crippen LogP contribution in [0.5, 0.6) is 0 Å². The maximum absolute atomic E-state index is 12.1. The van der Waals surface area contributed by atoms with Gasteiger partial charge in [0.05, 0.1) is 0 Å². The second-order valence-electron chi connectivity index (χ2n) is 5.74. The molecule has 1 aromatic carbocycles. The Morgan fingerprint density at radius 3 is 2.73 bits per heavy atom. The van der Waals surface area contributed by atoms with Crippen molar-refractivity contribution in [3.63, 3.8) is 0 Å². The zero-order valence-electron chi connectivity index (χ0n) is 13.9. The van der Waals surface area contributed by atoms with Gasteiger partial charge in [0.15, 0.2) is 0 Å². The largest absolute Gasteiger partial charge is 0.368 e. The lowest BCUT2D eigenvalue weighted by Gasteiger charge is -2.15. The number of benzene rings is 1. The Morgan fingerprint density at radius 2 is 2.04 bits per heavy atom. The van der Waals surface area contributed by atoms with Gasteiger partial charge in [-0.3, -0.25) is 9.59 Å². The summed E-state index contributed by atoms with van der Waals surface area (Å²) in [6, 6.07) is 10.5. The van der Waals surface area contributed by atoms with E-state index in [1.54, 1.807) is 11.3 Å². The number of aromatic nitrogens is 2. The number of hydrogen-bond acceptors (Lipinski definition) is 6. The number of thiophene rings is 1. The Kier molecular flexibility index (Phi) is 5.75. The third-order valence-electron chi connectivity index (χ3n) is 3.77. The van der Waals surface area contributed by atoms with Crippen LogP contribution in [0.4, 0.5) is 0 Å². The van der Waals surface area contributed by atoms with Gasteiger partial charge in [-0.1, -0.05) is 35.5 Å². The van der Waals surface area contributed by atoms with Gasteiger partial charge in [0.25, 0.3) is 0 Å². The van der Waals surface area contributed by atoms with Crippen molar-refractivity contribution in [3.05, 3.63) is 58.6 Å². The van der Waals surface area contributed by atoms with Crippen molar-refractivity contribution < 1.29 is 14.1 Å². The molecule has 8 heteroatoms. The molecule has 0 aliphatic carbocycles. The van der Waals surface area contributed by atoms with Crippen molar-refractivity contribution in [1.29, 1.82) is 0 Å². The number of carbonyl (C=O) groups is 2. The smallest absolute Gasteiger partial charge is 0.240 e. The van der Waals surface area contributed by atoms with E-state index in [4.69, 9.17) is 10.3 Å². The van der Waals surface area contributed by atoms with Crippen LogP contribution in [-0.2, 0) is 22.4 Å². The van der Waals surface area contributed by atoms with Crippen LogP contribution in [0.3, 0.4) is 0 Å².